The summed E-state index contributed by atoms with van der Waals surface area (Å²) in [6, 6.07) is 17.1. The lowest BCUT2D eigenvalue weighted by atomic mass is 10.2. The van der Waals surface area contributed by atoms with Gasteiger partial charge in [-0.05, 0) is 24.3 Å². The van der Waals surface area contributed by atoms with Gasteiger partial charge in [-0.25, -0.2) is 0 Å². The molecule has 0 amide bonds. The molecule has 0 bridgehead atoms. The number of rotatable bonds is 5. The molecule has 0 N–H and O–H groups in total. The van der Waals surface area contributed by atoms with Crippen molar-refractivity contribution >= 4 is 35.8 Å². The summed E-state index contributed by atoms with van der Waals surface area (Å²) < 4.78 is 5.59. The van der Waals surface area contributed by atoms with Crippen molar-refractivity contribution in [3.8, 4) is 0 Å². The van der Waals surface area contributed by atoms with Crippen LogP contribution >= 0.6 is 24.4 Å². The van der Waals surface area contributed by atoms with Gasteiger partial charge in [0.25, 0.3) is 0 Å². The molecule has 0 radical (unpaired) electrons. The summed E-state index contributed by atoms with van der Waals surface area (Å²) in [7, 11) is 0. The molecule has 0 aliphatic carbocycles. The summed E-state index contributed by atoms with van der Waals surface area (Å²) in [6.45, 7) is 2.28. The van der Waals surface area contributed by atoms with Gasteiger partial charge in [-0.3, -0.25) is 0 Å². The molecule has 1 aliphatic heterocycles. The Morgan fingerprint density at radius 3 is 2.10 bits per heavy atom. The second-order valence-electron chi connectivity index (χ2n) is 4.53. The number of ether oxygens (including phenoxy) is 1. The van der Waals surface area contributed by atoms with Crippen molar-refractivity contribution in [1.82, 2.24) is 0 Å². The number of anilines is 2. The van der Waals surface area contributed by atoms with Crippen LogP contribution in [0, 0.1) is 0 Å². The highest BCUT2D eigenvalue weighted by Crippen LogP contribution is 2.47. The molecule has 0 atom stereocenters. The van der Waals surface area contributed by atoms with Gasteiger partial charge in [0, 0.05) is 22.1 Å². The van der Waals surface area contributed by atoms with E-state index in [1.807, 2.05) is 11.8 Å². The number of benzene rings is 2. The van der Waals surface area contributed by atoms with Crippen molar-refractivity contribution in [3.63, 3.8) is 0 Å². The van der Waals surface area contributed by atoms with Gasteiger partial charge >= 0.3 is 0 Å². The predicted octanol–water partition coefficient (Wildman–Crippen LogP) is 4.24. The highest BCUT2D eigenvalue weighted by molar-refractivity contribution is 7.99. The third-order valence-corrected chi connectivity index (χ3v) is 4.54. The van der Waals surface area contributed by atoms with Crippen molar-refractivity contribution < 1.29 is 4.74 Å². The van der Waals surface area contributed by atoms with Crippen LogP contribution < -0.4 is 4.90 Å². The van der Waals surface area contributed by atoms with Crippen LogP contribution in [0.4, 0.5) is 11.4 Å². The molecule has 104 valence electrons. The Morgan fingerprint density at radius 1 is 0.900 bits per heavy atom. The Morgan fingerprint density at radius 2 is 1.50 bits per heavy atom. The van der Waals surface area contributed by atoms with Gasteiger partial charge in [0.05, 0.1) is 24.6 Å². The molecule has 20 heavy (non-hydrogen) atoms. The zero-order chi connectivity index (χ0) is 13.8. The summed E-state index contributed by atoms with van der Waals surface area (Å²) >= 11 is 6.00. The van der Waals surface area contributed by atoms with Crippen LogP contribution in [0.1, 0.15) is 0 Å². The fourth-order valence-electron chi connectivity index (χ4n) is 2.34. The standard InChI is InChI=1S/C16H17NOS2/c19-12-11-18-10-9-17-13-5-1-3-7-15(13)20-16-8-4-2-6-14(16)17/h1-8,19H,9-12H2. The molecule has 0 fully saturated rings. The van der Waals surface area contributed by atoms with Gasteiger partial charge in [-0.1, -0.05) is 36.0 Å². The van der Waals surface area contributed by atoms with Crippen LogP contribution in [-0.4, -0.2) is 25.5 Å². The van der Waals surface area contributed by atoms with E-state index < -0.39 is 0 Å². The number of hydrogen-bond acceptors (Lipinski definition) is 4. The second-order valence-corrected chi connectivity index (χ2v) is 6.06. The third kappa shape index (κ3) is 2.82. The highest BCUT2D eigenvalue weighted by Gasteiger charge is 2.22. The first kappa shape index (κ1) is 13.9. The molecule has 0 unspecified atom stereocenters. The molecule has 2 aromatic rings. The Labute approximate surface area is 129 Å². The quantitative estimate of drug-likeness (QED) is 0.656. The summed E-state index contributed by atoms with van der Waals surface area (Å²) in [5.41, 5.74) is 2.54. The smallest absolute Gasteiger partial charge is 0.0646 e. The lowest BCUT2D eigenvalue weighted by Gasteiger charge is -2.32. The van der Waals surface area contributed by atoms with Crippen LogP contribution in [0.15, 0.2) is 58.3 Å². The van der Waals surface area contributed by atoms with Gasteiger partial charge in [0.2, 0.25) is 0 Å². The average Bonchev–Trinajstić information content (AvgIpc) is 2.50. The summed E-state index contributed by atoms with van der Waals surface area (Å²) in [6.07, 6.45) is 0. The van der Waals surface area contributed by atoms with E-state index in [0.29, 0.717) is 13.2 Å². The van der Waals surface area contributed by atoms with Crippen LogP contribution in [0.2, 0.25) is 0 Å². The van der Waals surface area contributed by atoms with E-state index in [4.69, 9.17) is 4.74 Å². The summed E-state index contributed by atoms with van der Waals surface area (Å²) in [5.74, 6) is 0.767. The first-order chi connectivity index (χ1) is 9.90. The highest BCUT2D eigenvalue weighted by atomic mass is 32.2. The molecule has 2 nitrogen and oxygen atoms in total. The number of nitrogens with zero attached hydrogens (tertiary/aromatic N) is 1. The van der Waals surface area contributed by atoms with E-state index >= 15 is 0 Å². The van der Waals surface area contributed by atoms with Crippen molar-refractivity contribution in [2.24, 2.45) is 0 Å². The molecule has 2 aromatic carbocycles. The maximum Gasteiger partial charge on any atom is 0.0646 e. The SMILES string of the molecule is SCCOCCN1c2ccccc2Sc2ccccc21. The van der Waals surface area contributed by atoms with E-state index in [9.17, 15) is 0 Å². The fourth-order valence-corrected chi connectivity index (χ4v) is 3.57. The normalized spacial score (nSPS) is 12.9. The molecule has 0 spiro atoms. The number of fused-ring (bicyclic) bond motifs is 2. The summed E-state index contributed by atoms with van der Waals surface area (Å²) in [5, 5.41) is 0. The molecular weight excluding hydrogens is 286 g/mol. The number of thiol groups is 1. The fraction of sp³-hybridized carbons (Fsp3) is 0.250. The van der Waals surface area contributed by atoms with E-state index in [1.54, 1.807) is 0 Å². The van der Waals surface area contributed by atoms with Crippen LogP contribution in [0.25, 0.3) is 0 Å². The monoisotopic (exact) mass is 303 g/mol. The number of para-hydroxylation sites is 2. The van der Waals surface area contributed by atoms with Crippen molar-refractivity contribution in [2.45, 2.75) is 9.79 Å². The molecule has 0 saturated carbocycles. The van der Waals surface area contributed by atoms with Crippen LogP contribution in [0.5, 0.6) is 0 Å². The van der Waals surface area contributed by atoms with Crippen LogP contribution in [-0.2, 0) is 4.74 Å². The van der Waals surface area contributed by atoms with Gasteiger partial charge in [-0.2, -0.15) is 12.6 Å². The van der Waals surface area contributed by atoms with E-state index in [-0.39, 0.29) is 0 Å². The molecular formula is C16H17NOS2. The van der Waals surface area contributed by atoms with Crippen molar-refractivity contribution in [1.29, 1.82) is 0 Å². The molecule has 3 rings (SSSR count). The lowest BCUT2D eigenvalue weighted by molar-refractivity contribution is 0.158. The predicted molar refractivity (Wildman–Crippen MR) is 88.7 cm³/mol. The minimum Gasteiger partial charge on any atom is -0.379 e. The molecule has 4 heteroatoms. The zero-order valence-corrected chi connectivity index (χ0v) is 12.9. The van der Waals surface area contributed by atoms with Gasteiger partial charge in [0.1, 0.15) is 0 Å². The molecule has 1 heterocycles. The maximum absolute atomic E-state index is 5.59. The minimum atomic E-state index is 0.703. The van der Waals surface area contributed by atoms with E-state index in [1.165, 1.54) is 21.2 Å². The van der Waals surface area contributed by atoms with Gasteiger partial charge in [-0.15, -0.1) is 0 Å². The largest absolute Gasteiger partial charge is 0.379 e. The Kier molecular flexibility index (Phi) is 4.55. The maximum atomic E-state index is 5.59. The van der Waals surface area contributed by atoms with E-state index in [0.717, 1.165) is 12.3 Å². The molecule has 0 aromatic heterocycles. The first-order valence-corrected chi connectivity index (χ1v) is 8.17. The zero-order valence-electron chi connectivity index (χ0n) is 11.2. The van der Waals surface area contributed by atoms with Crippen LogP contribution in [0.3, 0.4) is 0 Å². The first-order valence-electron chi connectivity index (χ1n) is 6.72. The minimum absolute atomic E-state index is 0.703. The molecule has 1 aliphatic rings. The Hall–Kier alpha value is -1.10. The van der Waals surface area contributed by atoms with Crippen molar-refractivity contribution in [2.75, 3.05) is 30.4 Å². The van der Waals surface area contributed by atoms with Crippen molar-refractivity contribution in [3.05, 3.63) is 48.5 Å². The summed E-state index contributed by atoms with van der Waals surface area (Å²) in [4.78, 5) is 4.96. The van der Waals surface area contributed by atoms with E-state index in [2.05, 4.69) is 66.1 Å². The van der Waals surface area contributed by atoms with Gasteiger partial charge in [0.15, 0.2) is 0 Å². The van der Waals surface area contributed by atoms with Gasteiger partial charge < -0.3 is 9.64 Å². The average molecular weight is 303 g/mol. The Balaban J connectivity index is 1.87. The lowest BCUT2D eigenvalue weighted by Crippen LogP contribution is -2.25. The third-order valence-electron chi connectivity index (χ3n) is 3.23. The molecule has 0 saturated heterocycles. The Bertz CT molecular complexity index is 543. The number of hydrogen-bond donors (Lipinski definition) is 1. The topological polar surface area (TPSA) is 12.5 Å². The second kappa shape index (κ2) is 6.57.